The Labute approximate surface area is 248 Å². The summed E-state index contributed by atoms with van der Waals surface area (Å²) in [5, 5.41) is 3.16. The molecule has 1 aliphatic heterocycles. The van der Waals surface area contributed by atoms with Gasteiger partial charge in [-0.15, -0.1) is 0 Å². The Bertz CT molecular complexity index is 1540. The number of benzene rings is 3. The average molecular weight is 639 g/mol. The van der Waals surface area contributed by atoms with Crippen LogP contribution in [0, 0.1) is 0 Å². The molecule has 1 fully saturated rings. The first-order valence-electron chi connectivity index (χ1n) is 13.8. The molecule has 0 saturated heterocycles. The van der Waals surface area contributed by atoms with Crippen LogP contribution in [0.5, 0.6) is 0 Å². The summed E-state index contributed by atoms with van der Waals surface area (Å²) in [7, 11) is -4.05. The highest BCUT2D eigenvalue weighted by Crippen LogP contribution is 2.30. The van der Waals surface area contributed by atoms with Crippen molar-refractivity contribution in [3.8, 4) is 0 Å². The van der Waals surface area contributed by atoms with E-state index in [2.05, 4.69) is 21.2 Å². The number of hydrogen-bond acceptors (Lipinski definition) is 5. The number of carbonyl (C=O) groups is 3. The molecule has 3 aromatic carbocycles. The third-order valence-electron chi connectivity index (χ3n) is 7.66. The van der Waals surface area contributed by atoms with Crippen molar-refractivity contribution in [3.63, 3.8) is 0 Å². The lowest BCUT2D eigenvalue weighted by Gasteiger charge is -2.33. The van der Waals surface area contributed by atoms with E-state index in [4.69, 9.17) is 0 Å². The van der Waals surface area contributed by atoms with Crippen LogP contribution in [0.25, 0.3) is 0 Å². The molecule has 10 heteroatoms. The highest BCUT2D eigenvalue weighted by Gasteiger charge is 2.41. The highest BCUT2D eigenvalue weighted by molar-refractivity contribution is 9.10. The lowest BCUT2D eigenvalue weighted by Crippen LogP contribution is -2.52. The van der Waals surface area contributed by atoms with Crippen LogP contribution in [0.1, 0.15) is 53.6 Å². The molecule has 1 N–H and O–H groups in total. The number of fused-ring (bicyclic) bond motifs is 1. The Balaban J connectivity index is 1.43. The van der Waals surface area contributed by atoms with Crippen molar-refractivity contribution in [1.82, 2.24) is 14.5 Å². The molecule has 41 heavy (non-hydrogen) atoms. The summed E-state index contributed by atoms with van der Waals surface area (Å²) < 4.78 is 27.8. The molecule has 3 aromatic rings. The SMILES string of the molecule is O=C(NC1CCCC1)[C@@H](Cc1ccccc1)N(Cc1cccc(Br)c1)C(=O)CCN1C(=O)c2ccccc2S1(=O)=O. The summed E-state index contributed by atoms with van der Waals surface area (Å²) in [6.45, 7) is -0.166. The predicted molar refractivity (Wildman–Crippen MR) is 158 cm³/mol. The maximum atomic E-state index is 14.0. The van der Waals surface area contributed by atoms with E-state index in [1.54, 1.807) is 12.1 Å². The molecule has 1 atom stereocenters. The Kier molecular flexibility index (Phi) is 8.89. The number of rotatable bonds is 10. The zero-order valence-corrected chi connectivity index (χ0v) is 24.9. The highest BCUT2D eigenvalue weighted by atomic mass is 79.9. The maximum absolute atomic E-state index is 14.0. The van der Waals surface area contributed by atoms with Gasteiger partial charge in [0.15, 0.2) is 0 Å². The predicted octanol–water partition coefficient (Wildman–Crippen LogP) is 4.68. The van der Waals surface area contributed by atoms with Crippen LogP contribution < -0.4 is 5.32 Å². The van der Waals surface area contributed by atoms with Crippen LogP contribution in [0.15, 0.2) is 88.2 Å². The van der Waals surface area contributed by atoms with Crippen molar-refractivity contribution in [2.75, 3.05) is 6.54 Å². The number of nitrogens with zero attached hydrogens (tertiary/aromatic N) is 2. The van der Waals surface area contributed by atoms with Crippen LogP contribution in [0.4, 0.5) is 0 Å². The van der Waals surface area contributed by atoms with Crippen molar-refractivity contribution >= 4 is 43.7 Å². The molecule has 0 spiro atoms. The fourth-order valence-corrected chi connectivity index (χ4v) is 7.56. The number of halogens is 1. The first-order chi connectivity index (χ1) is 19.7. The Morgan fingerprint density at radius 1 is 0.951 bits per heavy atom. The molecule has 8 nitrogen and oxygen atoms in total. The van der Waals surface area contributed by atoms with Crippen molar-refractivity contribution < 1.29 is 22.8 Å². The Morgan fingerprint density at radius 2 is 1.63 bits per heavy atom. The van der Waals surface area contributed by atoms with E-state index < -0.39 is 27.9 Å². The topological polar surface area (TPSA) is 104 Å². The van der Waals surface area contributed by atoms with Crippen LogP contribution >= 0.6 is 15.9 Å². The standard InChI is InChI=1S/C31H32BrN3O5S/c32-24-12-8-11-23(19-24)21-34(27(20-22-9-2-1-3-10-22)30(37)33-25-13-4-5-14-25)29(36)17-18-35-31(38)26-15-6-7-16-28(26)41(35,39)40/h1-3,6-12,15-16,19,25,27H,4-5,13-14,17-18,20-21H2,(H,33,37)/t27-/m1/s1. The zero-order chi connectivity index (χ0) is 29.0. The molecule has 5 rings (SSSR count). The van der Waals surface area contributed by atoms with Gasteiger partial charge in [0, 0.05) is 36.4 Å². The van der Waals surface area contributed by atoms with Gasteiger partial charge in [0.2, 0.25) is 11.8 Å². The minimum atomic E-state index is -4.05. The van der Waals surface area contributed by atoms with E-state index in [0.717, 1.165) is 45.6 Å². The summed E-state index contributed by atoms with van der Waals surface area (Å²) in [6, 6.07) is 22.3. The van der Waals surface area contributed by atoms with Crippen LogP contribution in [-0.2, 0) is 32.6 Å². The first-order valence-corrected chi connectivity index (χ1v) is 16.0. The minimum absolute atomic E-state index is 0.0543. The molecule has 2 aliphatic rings. The van der Waals surface area contributed by atoms with Gasteiger partial charge in [0.25, 0.3) is 15.9 Å². The van der Waals surface area contributed by atoms with E-state index in [1.165, 1.54) is 17.0 Å². The zero-order valence-electron chi connectivity index (χ0n) is 22.5. The lowest BCUT2D eigenvalue weighted by atomic mass is 10.0. The molecule has 1 saturated carbocycles. The van der Waals surface area contributed by atoms with Gasteiger partial charge in [-0.25, -0.2) is 12.7 Å². The molecule has 0 unspecified atom stereocenters. The number of nitrogens with one attached hydrogen (secondary N) is 1. The molecule has 0 aromatic heterocycles. The number of sulfonamides is 1. The van der Waals surface area contributed by atoms with Gasteiger partial charge >= 0.3 is 0 Å². The minimum Gasteiger partial charge on any atom is -0.352 e. The quantitative estimate of drug-likeness (QED) is 0.348. The van der Waals surface area contributed by atoms with E-state index in [0.29, 0.717) is 6.42 Å². The van der Waals surface area contributed by atoms with Gasteiger partial charge in [0.1, 0.15) is 10.9 Å². The largest absolute Gasteiger partial charge is 0.352 e. The average Bonchev–Trinajstić information content (AvgIpc) is 3.54. The molecular weight excluding hydrogens is 606 g/mol. The third kappa shape index (κ3) is 6.54. The third-order valence-corrected chi connectivity index (χ3v) is 9.99. The van der Waals surface area contributed by atoms with Gasteiger partial charge in [-0.05, 0) is 48.2 Å². The summed E-state index contributed by atoms with van der Waals surface area (Å²) in [5.41, 5.74) is 1.82. The fraction of sp³-hybridized carbons (Fsp3) is 0.323. The molecular formula is C31H32BrN3O5S. The first kappa shape index (κ1) is 29.0. The molecule has 0 radical (unpaired) electrons. The van der Waals surface area contributed by atoms with Crippen LogP contribution in [0.3, 0.4) is 0 Å². The van der Waals surface area contributed by atoms with Gasteiger partial charge in [-0.2, -0.15) is 0 Å². The summed E-state index contributed by atoms with van der Waals surface area (Å²) in [5.74, 6) is -1.29. The second-order valence-electron chi connectivity index (χ2n) is 10.5. The van der Waals surface area contributed by atoms with E-state index in [9.17, 15) is 22.8 Å². The van der Waals surface area contributed by atoms with Crippen molar-refractivity contribution in [3.05, 3.63) is 100 Å². The lowest BCUT2D eigenvalue weighted by molar-refractivity contribution is -0.141. The van der Waals surface area contributed by atoms with Gasteiger partial charge < -0.3 is 10.2 Å². The Hall–Kier alpha value is -3.50. The van der Waals surface area contributed by atoms with E-state index >= 15 is 0 Å². The van der Waals surface area contributed by atoms with Crippen molar-refractivity contribution in [2.45, 2.75) is 62.0 Å². The fourth-order valence-electron chi connectivity index (χ4n) is 5.55. The molecule has 0 bridgehead atoms. The summed E-state index contributed by atoms with van der Waals surface area (Å²) >= 11 is 3.48. The molecule has 214 valence electrons. The van der Waals surface area contributed by atoms with E-state index in [1.807, 2.05) is 54.6 Å². The molecule has 1 heterocycles. The normalized spacial score (nSPS) is 16.8. The molecule has 3 amide bonds. The summed E-state index contributed by atoms with van der Waals surface area (Å²) in [6.07, 6.45) is 3.95. The number of amides is 3. The van der Waals surface area contributed by atoms with Crippen LogP contribution in [0.2, 0.25) is 0 Å². The van der Waals surface area contributed by atoms with Gasteiger partial charge in [-0.1, -0.05) is 83.4 Å². The maximum Gasteiger partial charge on any atom is 0.269 e. The van der Waals surface area contributed by atoms with Gasteiger partial charge in [-0.3, -0.25) is 14.4 Å². The second kappa shape index (κ2) is 12.6. The van der Waals surface area contributed by atoms with Crippen LogP contribution in [-0.4, -0.2) is 54.0 Å². The monoisotopic (exact) mass is 637 g/mol. The Morgan fingerprint density at radius 3 is 2.34 bits per heavy atom. The van der Waals surface area contributed by atoms with E-state index in [-0.39, 0.29) is 41.9 Å². The smallest absolute Gasteiger partial charge is 0.269 e. The molecule has 1 aliphatic carbocycles. The van der Waals surface area contributed by atoms with Gasteiger partial charge in [0.05, 0.1) is 5.56 Å². The summed E-state index contributed by atoms with van der Waals surface area (Å²) in [4.78, 5) is 42.2. The van der Waals surface area contributed by atoms with Crippen molar-refractivity contribution in [1.29, 1.82) is 0 Å². The second-order valence-corrected chi connectivity index (χ2v) is 13.2. The number of carbonyl (C=O) groups excluding carboxylic acids is 3. The number of hydrogen-bond donors (Lipinski definition) is 1. The van der Waals surface area contributed by atoms with Crippen molar-refractivity contribution in [2.24, 2.45) is 0 Å².